The van der Waals surface area contributed by atoms with Crippen LogP contribution in [0.4, 0.5) is 0 Å². The molecule has 0 aliphatic carbocycles. The van der Waals surface area contributed by atoms with Crippen molar-refractivity contribution in [1.82, 2.24) is 19.7 Å². The summed E-state index contributed by atoms with van der Waals surface area (Å²) in [6.45, 7) is 10.5. The van der Waals surface area contributed by atoms with E-state index in [1.54, 1.807) is 0 Å². The van der Waals surface area contributed by atoms with Crippen LogP contribution in [0.5, 0.6) is 0 Å². The van der Waals surface area contributed by atoms with Crippen molar-refractivity contribution < 1.29 is 4.74 Å². The van der Waals surface area contributed by atoms with Crippen LogP contribution in [0.25, 0.3) is 0 Å². The van der Waals surface area contributed by atoms with Crippen LogP contribution < -0.4 is 5.32 Å². The SMILES string of the molecule is CCNC(=NCC(C)N1CCOCC1)N(C)Cc1cc(Br)cn1C.I. The Hall–Kier alpha value is -0.320. The van der Waals surface area contributed by atoms with Crippen LogP contribution in [0, 0.1) is 0 Å². The highest BCUT2D eigenvalue weighted by Crippen LogP contribution is 2.15. The Morgan fingerprint density at radius 1 is 1.44 bits per heavy atom. The summed E-state index contributed by atoms with van der Waals surface area (Å²) in [5.74, 6) is 0.954. The minimum Gasteiger partial charge on any atom is -0.379 e. The molecule has 2 rings (SSSR count). The zero-order chi connectivity index (χ0) is 17.5. The van der Waals surface area contributed by atoms with E-state index < -0.39 is 0 Å². The Balaban J connectivity index is 0.00000312. The minimum absolute atomic E-state index is 0. The summed E-state index contributed by atoms with van der Waals surface area (Å²) in [6, 6.07) is 2.58. The van der Waals surface area contributed by atoms with Crippen LogP contribution >= 0.6 is 39.9 Å². The van der Waals surface area contributed by atoms with Gasteiger partial charge in [-0.15, -0.1) is 24.0 Å². The molecule has 1 N–H and O–H groups in total. The van der Waals surface area contributed by atoms with Gasteiger partial charge in [0.05, 0.1) is 26.3 Å². The summed E-state index contributed by atoms with van der Waals surface area (Å²) in [4.78, 5) is 9.48. The fourth-order valence-electron chi connectivity index (χ4n) is 2.86. The highest BCUT2D eigenvalue weighted by Gasteiger charge is 2.17. The Morgan fingerprint density at radius 3 is 2.68 bits per heavy atom. The molecule has 1 aromatic heterocycles. The number of aromatic nitrogens is 1. The molecule has 1 saturated heterocycles. The van der Waals surface area contributed by atoms with Crippen LogP contribution in [0.15, 0.2) is 21.7 Å². The first-order valence-electron chi connectivity index (χ1n) is 8.63. The van der Waals surface area contributed by atoms with Crippen molar-refractivity contribution >= 4 is 45.9 Å². The molecule has 2 heterocycles. The molecule has 1 aliphatic rings. The first-order valence-corrected chi connectivity index (χ1v) is 9.42. The average Bonchev–Trinajstić information content (AvgIpc) is 2.89. The summed E-state index contributed by atoms with van der Waals surface area (Å²) in [5.41, 5.74) is 1.25. The molecular formula is C17H31BrIN5O. The number of guanidine groups is 1. The number of nitrogens with zero attached hydrogens (tertiary/aromatic N) is 4. The van der Waals surface area contributed by atoms with Crippen LogP contribution in [0.3, 0.4) is 0 Å². The third kappa shape index (κ3) is 7.07. The van der Waals surface area contributed by atoms with E-state index in [0.29, 0.717) is 6.04 Å². The Kier molecular flexibility index (Phi) is 10.4. The largest absolute Gasteiger partial charge is 0.379 e. The van der Waals surface area contributed by atoms with Crippen LogP contribution in [-0.2, 0) is 18.3 Å². The normalized spacial score (nSPS) is 17.1. The van der Waals surface area contributed by atoms with Gasteiger partial charge in [-0.2, -0.15) is 0 Å². The van der Waals surface area contributed by atoms with E-state index in [1.807, 2.05) is 0 Å². The monoisotopic (exact) mass is 527 g/mol. The Bertz CT molecular complexity index is 545. The molecule has 8 heteroatoms. The number of hydrogen-bond acceptors (Lipinski definition) is 3. The number of aryl methyl sites for hydroxylation is 1. The predicted octanol–water partition coefficient (Wildman–Crippen LogP) is 2.52. The van der Waals surface area contributed by atoms with Gasteiger partial charge in [0.2, 0.25) is 0 Å². The summed E-state index contributed by atoms with van der Waals surface area (Å²) in [7, 11) is 4.15. The summed E-state index contributed by atoms with van der Waals surface area (Å²) >= 11 is 3.53. The van der Waals surface area contributed by atoms with E-state index in [1.165, 1.54) is 5.69 Å². The topological polar surface area (TPSA) is 45.0 Å². The Labute approximate surface area is 177 Å². The lowest BCUT2D eigenvalue weighted by Crippen LogP contribution is -2.44. The Morgan fingerprint density at radius 2 is 2.12 bits per heavy atom. The van der Waals surface area contributed by atoms with Crippen molar-refractivity contribution in [1.29, 1.82) is 0 Å². The standard InChI is InChI=1S/C17H30BrN5O.HI/c1-5-19-17(20-11-14(2)23-6-8-24-9-7-23)22(4)13-16-10-15(18)12-21(16)3;/h10,12,14H,5-9,11,13H2,1-4H3,(H,19,20);1H. The maximum Gasteiger partial charge on any atom is 0.194 e. The molecule has 1 atom stereocenters. The minimum atomic E-state index is 0. The number of halogens is 2. The molecule has 1 aliphatic heterocycles. The van der Waals surface area contributed by atoms with Crippen molar-refractivity contribution in [3.05, 3.63) is 22.4 Å². The zero-order valence-corrected chi connectivity index (χ0v) is 19.6. The molecule has 0 aromatic carbocycles. The first kappa shape index (κ1) is 22.7. The van der Waals surface area contributed by atoms with Crippen molar-refractivity contribution in [3.8, 4) is 0 Å². The van der Waals surface area contributed by atoms with Gasteiger partial charge in [0.15, 0.2) is 5.96 Å². The van der Waals surface area contributed by atoms with Gasteiger partial charge >= 0.3 is 0 Å². The van der Waals surface area contributed by atoms with Gasteiger partial charge in [-0.1, -0.05) is 0 Å². The molecular weight excluding hydrogens is 497 g/mol. The van der Waals surface area contributed by atoms with E-state index in [-0.39, 0.29) is 24.0 Å². The van der Waals surface area contributed by atoms with Crippen LogP contribution in [0.1, 0.15) is 19.5 Å². The van der Waals surface area contributed by atoms with E-state index in [9.17, 15) is 0 Å². The van der Waals surface area contributed by atoms with Crippen molar-refractivity contribution in [2.75, 3.05) is 46.4 Å². The maximum absolute atomic E-state index is 5.43. The number of nitrogens with one attached hydrogen (secondary N) is 1. The number of morpholine rings is 1. The maximum atomic E-state index is 5.43. The second kappa shape index (κ2) is 11.4. The second-order valence-corrected chi connectivity index (χ2v) is 7.22. The summed E-state index contributed by atoms with van der Waals surface area (Å²) < 4.78 is 8.67. The van der Waals surface area contributed by atoms with Crippen LogP contribution in [0.2, 0.25) is 0 Å². The molecule has 0 saturated carbocycles. The lowest BCUT2D eigenvalue weighted by Gasteiger charge is -2.32. The van der Waals surface area contributed by atoms with E-state index >= 15 is 0 Å². The molecule has 1 aromatic rings. The van der Waals surface area contributed by atoms with E-state index in [0.717, 1.165) is 56.4 Å². The fraction of sp³-hybridized carbons (Fsp3) is 0.706. The van der Waals surface area contributed by atoms with Crippen LogP contribution in [-0.4, -0.2) is 72.8 Å². The number of hydrogen-bond donors (Lipinski definition) is 1. The second-order valence-electron chi connectivity index (χ2n) is 6.31. The number of aliphatic imine (C=N–C) groups is 1. The molecule has 1 unspecified atom stereocenters. The van der Waals surface area contributed by atoms with Crippen molar-refractivity contribution in [2.45, 2.75) is 26.4 Å². The quantitative estimate of drug-likeness (QED) is 0.351. The van der Waals surface area contributed by atoms with Crippen molar-refractivity contribution in [3.63, 3.8) is 0 Å². The molecule has 0 bridgehead atoms. The third-order valence-corrected chi connectivity index (χ3v) is 4.78. The van der Waals surface area contributed by atoms with E-state index in [2.05, 4.69) is 75.8 Å². The first-order chi connectivity index (χ1) is 11.5. The number of rotatable bonds is 6. The lowest BCUT2D eigenvalue weighted by molar-refractivity contribution is 0.0220. The molecule has 144 valence electrons. The highest BCUT2D eigenvalue weighted by molar-refractivity contribution is 14.0. The predicted molar refractivity (Wildman–Crippen MR) is 118 cm³/mol. The zero-order valence-electron chi connectivity index (χ0n) is 15.7. The highest BCUT2D eigenvalue weighted by atomic mass is 127. The molecule has 6 nitrogen and oxygen atoms in total. The van der Waals surface area contributed by atoms with Crippen molar-refractivity contribution in [2.24, 2.45) is 12.0 Å². The third-order valence-electron chi connectivity index (χ3n) is 4.34. The van der Waals surface area contributed by atoms with Gasteiger partial charge in [-0.25, -0.2) is 0 Å². The van der Waals surface area contributed by atoms with Gasteiger partial charge in [-0.05, 0) is 35.8 Å². The fourth-order valence-corrected chi connectivity index (χ4v) is 3.43. The van der Waals surface area contributed by atoms with Gasteiger partial charge in [0.25, 0.3) is 0 Å². The van der Waals surface area contributed by atoms with Gasteiger partial charge in [0, 0.05) is 56.1 Å². The molecule has 1 fully saturated rings. The summed E-state index contributed by atoms with van der Waals surface area (Å²) in [5, 5.41) is 3.40. The number of ether oxygens (including phenoxy) is 1. The lowest BCUT2D eigenvalue weighted by atomic mass is 10.2. The van der Waals surface area contributed by atoms with Gasteiger partial charge < -0.3 is 19.5 Å². The summed E-state index contributed by atoms with van der Waals surface area (Å²) in [6.07, 6.45) is 2.08. The molecule has 25 heavy (non-hydrogen) atoms. The smallest absolute Gasteiger partial charge is 0.194 e. The van der Waals surface area contributed by atoms with Gasteiger partial charge in [0.1, 0.15) is 0 Å². The molecule has 0 radical (unpaired) electrons. The van der Waals surface area contributed by atoms with E-state index in [4.69, 9.17) is 9.73 Å². The van der Waals surface area contributed by atoms with Gasteiger partial charge in [-0.3, -0.25) is 9.89 Å². The molecule has 0 spiro atoms. The molecule has 0 amide bonds. The average molecular weight is 528 g/mol.